The summed E-state index contributed by atoms with van der Waals surface area (Å²) in [6.45, 7) is 5.58. The minimum atomic E-state index is 0.0247. The molecule has 0 aromatic carbocycles. The Morgan fingerprint density at radius 1 is 1.24 bits per heavy atom. The lowest BCUT2D eigenvalue weighted by Gasteiger charge is -2.35. The van der Waals surface area contributed by atoms with Gasteiger partial charge >= 0.3 is 0 Å². The van der Waals surface area contributed by atoms with Gasteiger partial charge in [0, 0.05) is 24.6 Å². The van der Waals surface area contributed by atoms with Gasteiger partial charge in [-0.1, -0.05) is 6.07 Å². The third-order valence-corrected chi connectivity index (χ3v) is 4.96. The van der Waals surface area contributed by atoms with Crippen LogP contribution in [0.25, 0.3) is 5.65 Å². The van der Waals surface area contributed by atoms with Crippen LogP contribution >= 0.6 is 0 Å². The second kappa shape index (κ2) is 6.35. The Morgan fingerprint density at radius 3 is 2.88 bits per heavy atom. The van der Waals surface area contributed by atoms with Crippen molar-refractivity contribution in [2.24, 2.45) is 0 Å². The van der Waals surface area contributed by atoms with Crippen LogP contribution < -0.4 is 0 Å². The molecule has 1 aliphatic heterocycles. The molecule has 0 N–H and O–H groups in total. The standard InChI is InChI=1S/C19H23N5O/c1-14-10-20-22(11-14)12-16-7-3-4-9-23(16)19(25)17-13-24-15(2)6-5-8-18(24)21-17/h5-6,8,10-11,13,16H,3-4,7,9,12H2,1-2H3/t16-/m1/s1. The van der Waals surface area contributed by atoms with E-state index in [9.17, 15) is 4.79 Å². The summed E-state index contributed by atoms with van der Waals surface area (Å²) in [6.07, 6.45) is 8.96. The van der Waals surface area contributed by atoms with E-state index in [2.05, 4.69) is 10.1 Å². The van der Waals surface area contributed by atoms with E-state index in [0.29, 0.717) is 5.69 Å². The predicted octanol–water partition coefficient (Wildman–Crippen LogP) is 2.84. The number of hydrogen-bond acceptors (Lipinski definition) is 3. The van der Waals surface area contributed by atoms with E-state index in [4.69, 9.17) is 0 Å². The van der Waals surface area contributed by atoms with Crippen molar-refractivity contribution in [1.29, 1.82) is 0 Å². The molecule has 4 heterocycles. The van der Waals surface area contributed by atoms with Gasteiger partial charge in [-0.05, 0) is 50.8 Å². The van der Waals surface area contributed by atoms with Gasteiger partial charge in [-0.2, -0.15) is 5.10 Å². The highest BCUT2D eigenvalue weighted by atomic mass is 16.2. The topological polar surface area (TPSA) is 55.4 Å². The van der Waals surface area contributed by atoms with Crippen molar-refractivity contribution in [1.82, 2.24) is 24.1 Å². The molecule has 0 aliphatic carbocycles. The Balaban J connectivity index is 1.60. The van der Waals surface area contributed by atoms with E-state index in [-0.39, 0.29) is 11.9 Å². The third-order valence-electron chi connectivity index (χ3n) is 4.96. The number of likely N-dealkylation sites (tertiary alicyclic amines) is 1. The van der Waals surface area contributed by atoms with Crippen LogP contribution in [0, 0.1) is 13.8 Å². The van der Waals surface area contributed by atoms with Crippen molar-refractivity contribution in [3.63, 3.8) is 0 Å². The number of pyridine rings is 1. The van der Waals surface area contributed by atoms with Crippen LogP contribution in [0.4, 0.5) is 0 Å². The second-order valence-electron chi connectivity index (χ2n) is 6.91. The summed E-state index contributed by atoms with van der Waals surface area (Å²) in [7, 11) is 0. The van der Waals surface area contributed by atoms with Gasteiger partial charge in [0.15, 0.2) is 0 Å². The highest BCUT2D eigenvalue weighted by molar-refractivity contribution is 5.93. The molecule has 25 heavy (non-hydrogen) atoms. The molecule has 0 unspecified atom stereocenters. The summed E-state index contributed by atoms with van der Waals surface area (Å²) < 4.78 is 3.92. The first-order chi connectivity index (χ1) is 12.1. The Morgan fingerprint density at radius 2 is 2.12 bits per heavy atom. The van der Waals surface area contributed by atoms with Gasteiger partial charge in [0.25, 0.3) is 5.91 Å². The number of amides is 1. The summed E-state index contributed by atoms with van der Waals surface area (Å²) in [5, 5.41) is 4.38. The minimum Gasteiger partial charge on any atom is -0.332 e. The lowest BCUT2D eigenvalue weighted by atomic mass is 10.0. The summed E-state index contributed by atoms with van der Waals surface area (Å²) >= 11 is 0. The van der Waals surface area contributed by atoms with E-state index >= 15 is 0 Å². The van der Waals surface area contributed by atoms with E-state index in [0.717, 1.165) is 49.3 Å². The Hall–Kier alpha value is -2.63. The molecule has 130 valence electrons. The molecule has 4 rings (SSSR count). The fraction of sp³-hybridized carbons (Fsp3) is 0.421. The average Bonchev–Trinajstić information content (AvgIpc) is 3.22. The van der Waals surface area contributed by atoms with Crippen LogP contribution in [-0.4, -0.2) is 42.6 Å². The molecule has 0 radical (unpaired) electrons. The number of carbonyl (C=O) groups is 1. The molecule has 1 aliphatic rings. The number of nitrogens with zero attached hydrogens (tertiary/aromatic N) is 5. The Bertz CT molecular complexity index is 910. The molecule has 0 spiro atoms. The van der Waals surface area contributed by atoms with Crippen molar-refractivity contribution < 1.29 is 4.79 Å². The van der Waals surface area contributed by atoms with Crippen molar-refractivity contribution in [3.05, 3.63) is 53.7 Å². The fourth-order valence-corrected chi connectivity index (χ4v) is 3.64. The van der Waals surface area contributed by atoms with E-state index in [1.54, 1.807) is 0 Å². The monoisotopic (exact) mass is 337 g/mol. The maximum absolute atomic E-state index is 13.1. The molecule has 1 atom stereocenters. The summed E-state index contributed by atoms with van der Waals surface area (Å²) in [5.74, 6) is 0.0247. The van der Waals surface area contributed by atoms with E-state index in [1.807, 2.05) is 64.6 Å². The van der Waals surface area contributed by atoms with Crippen molar-refractivity contribution >= 4 is 11.6 Å². The van der Waals surface area contributed by atoms with Crippen LogP contribution in [0.1, 0.15) is 41.0 Å². The lowest BCUT2D eigenvalue weighted by Crippen LogP contribution is -2.46. The molecule has 6 nitrogen and oxygen atoms in total. The highest BCUT2D eigenvalue weighted by Crippen LogP contribution is 2.21. The molecule has 0 bridgehead atoms. The van der Waals surface area contributed by atoms with E-state index < -0.39 is 0 Å². The van der Waals surface area contributed by atoms with Gasteiger partial charge in [0.1, 0.15) is 11.3 Å². The molecule has 3 aromatic rings. The molecular weight excluding hydrogens is 314 g/mol. The predicted molar refractivity (Wildman–Crippen MR) is 95.6 cm³/mol. The van der Waals surface area contributed by atoms with Crippen LogP contribution in [0.5, 0.6) is 0 Å². The maximum atomic E-state index is 13.1. The second-order valence-corrected chi connectivity index (χ2v) is 6.91. The smallest absolute Gasteiger partial charge is 0.274 e. The Kier molecular flexibility index (Phi) is 4.03. The number of carbonyl (C=O) groups excluding carboxylic acids is 1. The van der Waals surface area contributed by atoms with Gasteiger partial charge < -0.3 is 9.30 Å². The maximum Gasteiger partial charge on any atom is 0.274 e. The molecule has 1 fully saturated rings. The van der Waals surface area contributed by atoms with Crippen LogP contribution in [0.15, 0.2) is 36.8 Å². The zero-order valence-electron chi connectivity index (χ0n) is 14.7. The quantitative estimate of drug-likeness (QED) is 0.738. The van der Waals surface area contributed by atoms with Gasteiger partial charge in [-0.25, -0.2) is 4.98 Å². The lowest BCUT2D eigenvalue weighted by molar-refractivity contribution is 0.0578. The Labute approximate surface area is 147 Å². The summed E-state index contributed by atoms with van der Waals surface area (Å²) in [4.78, 5) is 19.6. The van der Waals surface area contributed by atoms with Crippen molar-refractivity contribution in [3.8, 4) is 0 Å². The van der Waals surface area contributed by atoms with Crippen molar-refractivity contribution in [2.45, 2.75) is 45.7 Å². The van der Waals surface area contributed by atoms with Crippen LogP contribution in [-0.2, 0) is 6.54 Å². The molecular formula is C19H23N5O. The normalized spacial score (nSPS) is 18.0. The summed E-state index contributed by atoms with van der Waals surface area (Å²) in [5.41, 5.74) is 3.56. The molecule has 3 aromatic heterocycles. The molecule has 6 heteroatoms. The number of fused-ring (bicyclic) bond motifs is 1. The van der Waals surface area contributed by atoms with Gasteiger partial charge in [-0.15, -0.1) is 0 Å². The van der Waals surface area contributed by atoms with Gasteiger partial charge in [0.2, 0.25) is 0 Å². The number of imidazole rings is 1. The van der Waals surface area contributed by atoms with E-state index in [1.165, 1.54) is 0 Å². The number of rotatable bonds is 3. The largest absolute Gasteiger partial charge is 0.332 e. The van der Waals surface area contributed by atoms with Crippen LogP contribution in [0.2, 0.25) is 0 Å². The molecule has 1 saturated heterocycles. The number of aromatic nitrogens is 4. The van der Waals surface area contributed by atoms with Gasteiger partial charge in [-0.3, -0.25) is 9.48 Å². The number of hydrogen-bond donors (Lipinski definition) is 0. The fourth-order valence-electron chi connectivity index (χ4n) is 3.64. The molecule has 0 saturated carbocycles. The highest BCUT2D eigenvalue weighted by Gasteiger charge is 2.29. The minimum absolute atomic E-state index is 0.0247. The summed E-state index contributed by atoms with van der Waals surface area (Å²) in [6, 6.07) is 6.10. The zero-order chi connectivity index (χ0) is 17.4. The number of aryl methyl sites for hydroxylation is 2. The van der Waals surface area contributed by atoms with Crippen LogP contribution in [0.3, 0.4) is 0 Å². The first kappa shape index (κ1) is 15.9. The first-order valence-corrected chi connectivity index (χ1v) is 8.86. The SMILES string of the molecule is Cc1cnn(C[C@H]2CCCCN2C(=O)c2cn3c(C)cccc3n2)c1. The van der Waals surface area contributed by atoms with Gasteiger partial charge in [0.05, 0.1) is 18.8 Å². The van der Waals surface area contributed by atoms with Crippen molar-refractivity contribution in [2.75, 3.05) is 6.54 Å². The first-order valence-electron chi connectivity index (χ1n) is 8.86. The third kappa shape index (κ3) is 3.04. The zero-order valence-corrected chi connectivity index (χ0v) is 14.7. The number of piperidine rings is 1. The molecule has 1 amide bonds. The average molecular weight is 337 g/mol.